The van der Waals surface area contributed by atoms with Gasteiger partial charge in [0, 0.05) is 63.3 Å². The number of carboxylic acid groups (broad SMARTS) is 1. The maximum Gasteiger partial charge on any atom is 0.303 e. The molecular formula is C29H39NO6. The van der Waals surface area contributed by atoms with E-state index >= 15 is 0 Å². The highest BCUT2D eigenvalue weighted by Crippen LogP contribution is 2.35. The van der Waals surface area contributed by atoms with Gasteiger partial charge >= 0.3 is 5.97 Å². The van der Waals surface area contributed by atoms with E-state index in [1.54, 1.807) is 21.0 Å². The third kappa shape index (κ3) is 7.31. The lowest BCUT2D eigenvalue weighted by atomic mass is 9.85. The summed E-state index contributed by atoms with van der Waals surface area (Å²) >= 11 is 0. The molecule has 1 fully saturated rings. The first-order chi connectivity index (χ1) is 17.7. The van der Waals surface area contributed by atoms with Crippen LogP contribution >= 0.6 is 0 Å². The number of carboxylic acids is 1. The van der Waals surface area contributed by atoms with E-state index in [9.17, 15) is 9.59 Å². The quantitative estimate of drug-likeness (QED) is 0.372. The van der Waals surface area contributed by atoms with Crippen molar-refractivity contribution >= 4 is 11.9 Å². The molecule has 1 N–H and O–H groups in total. The molecule has 0 aliphatic carbocycles. The van der Waals surface area contributed by atoms with E-state index < -0.39 is 17.6 Å². The standard InChI is InChI=1S/C29H39NO6/c1-22(2)30(21-24-9-6-7-10-26(24)36-18-8-4-5-11-27(31)32)28(33)23-12-14-25(15-13-23)29(34-3)16-19-35-20-17-29/h6-7,9-10,12-15,22H,4-5,8,11,16-21H2,1-3H3,(H,31,32)/i22D. The highest BCUT2D eigenvalue weighted by molar-refractivity contribution is 5.94. The average molecular weight is 499 g/mol. The molecule has 0 aromatic heterocycles. The van der Waals surface area contributed by atoms with Crippen molar-refractivity contribution in [1.82, 2.24) is 4.90 Å². The highest BCUT2D eigenvalue weighted by Gasteiger charge is 2.34. The predicted molar refractivity (Wildman–Crippen MR) is 138 cm³/mol. The Morgan fingerprint density at radius 1 is 1.08 bits per heavy atom. The molecule has 0 unspecified atom stereocenters. The van der Waals surface area contributed by atoms with Crippen LogP contribution in [0, 0.1) is 0 Å². The molecule has 0 saturated carbocycles. The molecule has 1 aliphatic heterocycles. The van der Waals surface area contributed by atoms with Crippen LogP contribution in [0.1, 0.15) is 75.2 Å². The molecule has 7 nitrogen and oxygen atoms in total. The largest absolute Gasteiger partial charge is 0.493 e. The van der Waals surface area contributed by atoms with Gasteiger partial charge in [0.25, 0.3) is 5.91 Å². The monoisotopic (exact) mass is 498 g/mol. The van der Waals surface area contributed by atoms with E-state index in [-0.39, 0.29) is 18.9 Å². The van der Waals surface area contributed by atoms with Gasteiger partial charge < -0.3 is 24.2 Å². The minimum Gasteiger partial charge on any atom is -0.493 e. The topological polar surface area (TPSA) is 85.3 Å². The molecule has 0 atom stereocenters. The predicted octanol–water partition coefficient (Wildman–Crippen LogP) is 5.41. The van der Waals surface area contributed by atoms with E-state index in [2.05, 4.69) is 0 Å². The van der Waals surface area contributed by atoms with Crippen LogP contribution in [0.4, 0.5) is 0 Å². The Bertz CT molecular complexity index is 1030. The minimum atomic E-state index is -1.16. The second-order valence-corrected chi connectivity index (χ2v) is 9.39. The number of para-hydroxylation sites is 1. The molecular weight excluding hydrogens is 458 g/mol. The Morgan fingerprint density at radius 3 is 2.42 bits per heavy atom. The summed E-state index contributed by atoms with van der Waals surface area (Å²) < 4.78 is 26.0. The molecule has 2 aromatic rings. The van der Waals surface area contributed by atoms with Gasteiger partial charge in [-0.25, -0.2) is 0 Å². The Kier molecular flexibility index (Phi) is 9.76. The molecule has 2 aromatic carbocycles. The van der Waals surface area contributed by atoms with E-state index in [0.717, 1.165) is 36.8 Å². The lowest BCUT2D eigenvalue weighted by Crippen LogP contribution is -2.37. The second-order valence-electron chi connectivity index (χ2n) is 9.39. The van der Waals surface area contributed by atoms with Crippen molar-refractivity contribution in [3.05, 3.63) is 65.2 Å². The molecule has 36 heavy (non-hydrogen) atoms. The number of ether oxygens (including phenoxy) is 3. The van der Waals surface area contributed by atoms with Crippen LogP contribution in [0.25, 0.3) is 0 Å². The number of methoxy groups -OCH3 is 1. The molecule has 7 heteroatoms. The summed E-state index contributed by atoms with van der Waals surface area (Å²) in [5.41, 5.74) is 1.95. The van der Waals surface area contributed by atoms with Crippen LogP contribution in [0.5, 0.6) is 5.75 Å². The Balaban J connectivity index is 1.71. The Hall–Kier alpha value is -2.90. The molecule has 0 radical (unpaired) electrons. The number of carbonyl (C=O) groups is 2. The summed E-state index contributed by atoms with van der Waals surface area (Å²) in [7, 11) is 1.71. The Morgan fingerprint density at radius 2 is 1.78 bits per heavy atom. The molecule has 1 aliphatic rings. The molecule has 1 amide bonds. The van der Waals surface area contributed by atoms with Gasteiger partial charge in [-0.05, 0) is 56.9 Å². The van der Waals surface area contributed by atoms with Gasteiger partial charge in [-0.15, -0.1) is 0 Å². The van der Waals surface area contributed by atoms with Gasteiger partial charge in [0.1, 0.15) is 5.75 Å². The van der Waals surface area contributed by atoms with Crippen molar-refractivity contribution in [1.29, 1.82) is 0 Å². The van der Waals surface area contributed by atoms with Crippen LogP contribution in [0.2, 0.25) is 0 Å². The van der Waals surface area contributed by atoms with Gasteiger partial charge in [0.05, 0.1) is 13.6 Å². The van der Waals surface area contributed by atoms with Crippen molar-refractivity contribution in [2.24, 2.45) is 0 Å². The fourth-order valence-corrected chi connectivity index (χ4v) is 4.50. The lowest BCUT2D eigenvalue weighted by molar-refractivity contribution is -0.137. The smallest absolute Gasteiger partial charge is 0.303 e. The first kappa shape index (κ1) is 26.2. The Labute approximate surface area is 215 Å². The lowest BCUT2D eigenvalue weighted by Gasteiger charge is -2.36. The van der Waals surface area contributed by atoms with E-state index in [4.69, 9.17) is 20.7 Å². The number of unbranched alkanes of at least 4 members (excludes halogenated alkanes) is 2. The summed E-state index contributed by atoms with van der Waals surface area (Å²) in [4.78, 5) is 25.8. The first-order valence-electron chi connectivity index (χ1n) is 13.1. The van der Waals surface area contributed by atoms with Crippen molar-refractivity contribution in [3.8, 4) is 5.75 Å². The summed E-state index contributed by atoms with van der Waals surface area (Å²) in [6.07, 6.45) is 3.82. The van der Waals surface area contributed by atoms with Crippen LogP contribution in [-0.2, 0) is 26.4 Å². The fourth-order valence-electron chi connectivity index (χ4n) is 4.50. The number of hydrogen-bond acceptors (Lipinski definition) is 5. The van der Waals surface area contributed by atoms with Crippen LogP contribution < -0.4 is 4.74 Å². The second kappa shape index (κ2) is 13.4. The van der Waals surface area contributed by atoms with Crippen LogP contribution in [0.15, 0.2) is 48.5 Å². The van der Waals surface area contributed by atoms with Gasteiger partial charge in [0.15, 0.2) is 0 Å². The van der Waals surface area contributed by atoms with Gasteiger partial charge in [-0.1, -0.05) is 30.3 Å². The maximum absolute atomic E-state index is 13.6. The molecule has 0 bridgehead atoms. The third-order valence-corrected chi connectivity index (χ3v) is 6.73. The van der Waals surface area contributed by atoms with E-state index in [0.29, 0.717) is 37.6 Å². The van der Waals surface area contributed by atoms with Crippen LogP contribution in [-0.4, -0.2) is 54.8 Å². The van der Waals surface area contributed by atoms with Gasteiger partial charge in [0.2, 0.25) is 0 Å². The average Bonchev–Trinajstić information content (AvgIpc) is 2.89. The van der Waals surface area contributed by atoms with E-state index in [1.165, 1.54) is 4.90 Å². The van der Waals surface area contributed by atoms with Crippen molar-refractivity contribution in [3.63, 3.8) is 0 Å². The normalized spacial score (nSPS) is 15.7. The summed E-state index contributed by atoms with van der Waals surface area (Å²) in [6.45, 7) is 5.37. The number of amides is 1. The zero-order valence-corrected chi connectivity index (χ0v) is 21.6. The molecule has 1 saturated heterocycles. The summed E-state index contributed by atoms with van der Waals surface area (Å²) in [5, 5.41) is 8.77. The number of benzene rings is 2. The molecule has 3 rings (SSSR count). The number of rotatable bonds is 13. The van der Waals surface area contributed by atoms with Gasteiger partial charge in [-0.2, -0.15) is 0 Å². The summed E-state index contributed by atoms with van der Waals surface area (Å²) in [5.74, 6) is -0.349. The third-order valence-electron chi connectivity index (χ3n) is 6.73. The van der Waals surface area contributed by atoms with E-state index in [1.807, 2.05) is 48.5 Å². The highest BCUT2D eigenvalue weighted by atomic mass is 16.5. The SMILES string of the molecule is [2H]C(C)(C)N(Cc1ccccc1OCCCCCC(=O)O)C(=O)c1ccc(C2(OC)CCOCC2)cc1. The number of nitrogens with zero attached hydrogens (tertiary/aromatic N) is 1. The zero-order chi connectivity index (χ0) is 26.9. The van der Waals surface area contributed by atoms with Crippen molar-refractivity contribution < 1.29 is 30.3 Å². The number of carbonyl (C=O) groups excluding carboxylic acids is 1. The molecule has 196 valence electrons. The zero-order valence-electron chi connectivity index (χ0n) is 22.6. The summed E-state index contributed by atoms with van der Waals surface area (Å²) in [6, 6.07) is 13.9. The first-order valence-corrected chi connectivity index (χ1v) is 12.6. The number of aliphatic carboxylic acids is 1. The van der Waals surface area contributed by atoms with Crippen molar-refractivity contribution in [2.45, 2.75) is 70.5 Å². The fraction of sp³-hybridized carbons (Fsp3) is 0.517. The molecule has 0 spiro atoms. The minimum absolute atomic E-state index is 0.161. The van der Waals surface area contributed by atoms with Crippen LogP contribution in [0.3, 0.4) is 0 Å². The molecule has 1 heterocycles. The van der Waals surface area contributed by atoms with Crippen molar-refractivity contribution in [2.75, 3.05) is 26.9 Å². The van der Waals surface area contributed by atoms with Gasteiger partial charge in [-0.3, -0.25) is 9.59 Å². The maximum atomic E-state index is 13.6. The number of hydrogen-bond donors (Lipinski definition) is 1.